The number of hydrogen-bond donors (Lipinski definition) is 0. The molecule has 1 fully saturated rings. The third kappa shape index (κ3) is 5.63. The van der Waals surface area contributed by atoms with Crippen molar-refractivity contribution in [2.45, 2.75) is 0 Å². The predicted molar refractivity (Wildman–Crippen MR) is 38.9 cm³/mol. The summed E-state index contributed by atoms with van der Waals surface area (Å²) >= 11 is 0. The largest absolute Gasteiger partial charge is 1.00 e. The number of ether oxygens (including phenoxy) is 2. The summed E-state index contributed by atoms with van der Waals surface area (Å²) in [6, 6.07) is 0. The van der Waals surface area contributed by atoms with Gasteiger partial charge in [0.25, 0.3) is 0 Å². The fourth-order valence-corrected chi connectivity index (χ4v) is 1.04. The molecule has 0 N–H and O–H groups in total. The topological polar surface area (TPSA) is 38.8 Å². The molecule has 1 heterocycles. The van der Waals surface area contributed by atoms with Crippen LogP contribution in [-0.4, -0.2) is 50.8 Å². The molecule has 1 aliphatic heterocycles. The van der Waals surface area contributed by atoms with E-state index in [0.717, 1.165) is 32.8 Å². The van der Waals surface area contributed by atoms with Crippen molar-refractivity contribution < 1.29 is 65.7 Å². The van der Waals surface area contributed by atoms with E-state index in [1.54, 1.807) is 0 Å². The molecule has 1 saturated heterocycles. The molecule has 4 nitrogen and oxygen atoms in total. The van der Waals surface area contributed by atoms with E-state index in [9.17, 15) is 4.79 Å². The molecule has 1 rings (SSSR count). The van der Waals surface area contributed by atoms with Gasteiger partial charge in [-0.15, -0.1) is 0 Å². The third-order valence-corrected chi connectivity index (χ3v) is 1.67. The Morgan fingerprint density at radius 3 is 2.67 bits per heavy atom. The summed E-state index contributed by atoms with van der Waals surface area (Å²) in [7, 11) is 0. The molecule has 0 atom stereocenters. The van der Waals surface area contributed by atoms with Gasteiger partial charge in [-0.05, 0) is 0 Å². The zero-order valence-electron chi connectivity index (χ0n) is 7.41. The minimum atomic E-state index is 0. The number of hydrogen-bond acceptors (Lipinski definition) is 4. The van der Waals surface area contributed by atoms with E-state index in [1.807, 2.05) is 0 Å². The van der Waals surface area contributed by atoms with Crippen molar-refractivity contribution in [1.82, 2.24) is 4.90 Å². The van der Waals surface area contributed by atoms with Crippen LogP contribution in [0.1, 0.15) is 0 Å². The summed E-state index contributed by atoms with van der Waals surface area (Å²) in [5.74, 6) is 0. The van der Waals surface area contributed by atoms with Gasteiger partial charge < -0.3 is 14.3 Å². The predicted octanol–water partition coefficient (Wildman–Crippen LogP) is -3.59. The molecule has 0 aromatic heterocycles. The van der Waals surface area contributed by atoms with Gasteiger partial charge in [0.05, 0.1) is 19.8 Å². The Balaban J connectivity index is 0.00000121. The van der Waals surface area contributed by atoms with E-state index >= 15 is 0 Å². The summed E-state index contributed by atoms with van der Waals surface area (Å²) < 4.78 is 9.59. The van der Waals surface area contributed by atoms with Gasteiger partial charge >= 0.3 is 51.4 Å². The van der Waals surface area contributed by atoms with E-state index in [2.05, 4.69) is 9.64 Å². The van der Waals surface area contributed by atoms with E-state index in [0.29, 0.717) is 6.61 Å². The molecule has 64 valence electrons. The normalized spacial score (nSPS) is 18.0. The Hall–Kier alpha value is 1.03. The Kier molecular flexibility index (Phi) is 9.35. The summed E-state index contributed by atoms with van der Waals surface area (Å²) in [6.07, 6.45) is 0. The SMILES string of the molecule is O=[C-]OCCN1CCOCC1.[K+]. The first-order valence-corrected chi connectivity index (χ1v) is 3.72. The Morgan fingerprint density at radius 1 is 1.42 bits per heavy atom. The van der Waals surface area contributed by atoms with Gasteiger partial charge in [0, 0.05) is 19.6 Å². The van der Waals surface area contributed by atoms with Crippen LogP contribution in [0.4, 0.5) is 0 Å². The van der Waals surface area contributed by atoms with E-state index in [1.165, 1.54) is 6.47 Å². The third-order valence-electron chi connectivity index (χ3n) is 1.67. The summed E-state index contributed by atoms with van der Waals surface area (Å²) in [4.78, 5) is 11.9. The summed E-state index contributed by atoms with van der Waals surface area (Å²) in [5, 5.41) is 0. The standard InChI is InChI=1S/C7H12NO3.K/c9-7-11-6-3-8-1-4-10-5-2-8;/h1-6H2;/q-1;+1. The Morgan fingerprint density at radius 2 is 2.08 bits per heavy atom. The van der Waals surface area contributed by atoms with Gasteiger partial charge in [0.15, 0.2) is 0 Å². The van der Waals surface area contributed by atoms with E-state index in [4.69, 9.17) is 4.74 Å². The molecule has 0 aromatic rings. The first kappa shape index (κ1) is 13.0. The van der Waals surface area contributed by atoms with Crippen molar-refractivity contribution in [1.29, 1.82) is 0 Å². The Bertz CT molecular complexity index is 117. The van der Waals surface area contributed by atoms with E-state index in [-0.39, 0.29) is 51.4 Å². The van der Waals surface area contributed by atoms with Crippen LogP contribution in [0.5, 0.6) is 0 Å². The van der Waals surface area contributed by atoms with Crippen LogP contribution >= 0.6 is 0 Å². The average Bonchev–Trinajstić information content (AvgIpc) is 2.07. The minimum Gasteiger partial charge on any atom is -0.652 e. The van der Waals surface area contributed by atoms with Crippen molar-refractivity contribution in [3.8, 4) is 0 Å². The molecule has 0 saturated carbocycles. The van der Waals surface area contributed by atoms with Gasteiger partial charge in [-0.1, -0.05) is 6.47 Å². The van der Waals surface area contributed by atoms with Crippen molar-refractivity contribution in [2.24, 2.45) is 0 Å². The Labute approximate surface area is 115 Å². The average molecular weight is 197 g/mol. The first-order chi connectivity index (χ1) is 5.43. The van der Waals surface area contributed by atoms with Crippen molar-refractivity contribution in [2.75, 3.05) is 39.5 Å². The van der Waals surface area contributed by atoms with Crippen LogP contribution < -0.4 is 51.4 Å². The van der Waals surface area contributed by atoms with Gasteiger partial charge in [-0.2, -0.15) is 0 Å². The van der Waals surface area contributed by atoms with Gasteiger partial charge in [0.2, 0.25) is 0 Å². The number of morpholine rings is 1. The molecule has 1 aliphatic rings. The van der Waals surface area contributed by atoms with Crippen molar-refractivity contribution >= 4 is 6.47 Å². The van der Waals surface area contributed by atoms with Gasteiger partial charge in [-0.3, -0.25) is 4.90 Å². The van der Waals surface area contributed by atoms with Crippen LogP contribution in [-0.2, 0) is 14.3 Å². The second-order valence-corrected chi connectivity index (χ2v) is 2.39. The van der Waals surface area contributed by atoms with Crippen LogP contribution in [0.25, 0.3) is 0 Å². The molecular weight excluding hydrogens is 185 g/mol. The summed E-state index contributed by atoms with van der Waals surface area (Å²) in [6.45, 7) is 6.05. The fraction of sp³-hybridized carbons (Fsp3) is 0.857. The molecular formula is C7H12KNO3. The van der Waals surface area contributed by atoms with Crippen LogP contribution in [0.2, 0.25) is 0 Å². The molecule has 0 aliphatic carbocycles. The van der Waals surface area contributed by atoms with E-state index < -0.39 is 0 Å². The smallest absolute Gasteiger partial charge is 0.652 e. The van der Waals surface area contributed by atoms with Crippen LogP contribution in [0, 0.1) is 0 Å². The van der Waals surface area contributed by atoms with Gasteiger partial charge in [0.1, 0.15) is 0 Å². The molecule has 0 radical (unpaired) electrons. The van der Waals surface area contributed by atoms with Crippen LogP contribution in [0.3, 0.4) is 0 Å². The zero-order chi connectivity index (χ0) is 7.94. The molecule has 0 amide bonds. The molecule has 0 bridgehead atoms. The maximum absolute atomic E-state index is 9.66. The minimum absolute atomic E-state index is 0. The summed E-state index contributed by atoms with van der Waals surface area (Å²) in [5.41, 5.74) is 0. The van der Waals surface area contributed by atoms with Gasteiger partial charge in [-0.25, -0.2) is 0 Å². The maximum Gasteiger partial charge on any atom is 1.00 e. The second-order valence-electron chi connectivity index (χ2n) is 2.39. The molecule has 0 aromatic carbocycles. The number of carbonyl (C=O) groups excluding carboxylic acids is 1. The quantitative estimate of drug-likeness (QED) is 0.265. The van der Waals surface area contributed by atoms with Crippen LogP contribution in [0.15, 0.2) is 0 Å². The van der Waals surface area contributed by atoms with Crippen molar-refractivity contribution in [3.05, 3.63) is 0 Å². The monoisotopic (exact) mass is 197 g/mol. The number of rotatable bonds is 4. The molecule has 5 heteroatoms. The molecule has 0 unspecified atom stereocenters. The second kappa shape index (κ2) is 8.62. The number of nitrogens with zero attached hydrogens (tertiary/aromatic N) is 1. The molecule has 0 spiro atoms. The van der Waals surface area contributed by atoms with Crippen molar-refractivity contribution in [3.63, 3.8) is 0 Å². The molecule has 12 heavy (non-hydrogen) atoms. The fourth-order valence-electron chi connectivity index (χ4n) is 1.04. The first-order valence-electron chi connectivity index (χ1n) is 3.72. The maximum atomic E-state index is 9.66. The zero-order valence-corrected chi connectivity index (χ0v) is 10.5.